The number of fused-ring (bicyclic) bond motifs is 5. The molecule has 12 atom stereocenters. The Morgan fingerprint density at radius 1 is 0.754 bits per heavy atom. The molecular weight excluding hydrogens is 802 g/mol. The van der Waals surface area contributed by atoms with E-state index in [1.54, 1.807) is 25.1 Å². The van der Waals surface area contributed by atoms with Crippen LogP contribution in [0.25, 0.3) is 0 Å². The van der Waals surface area contributed by atoms with Crippen molar-refractivity contribution in [2.75, 3.05) is 13.2 Å². The molecule has 0 amide bonds. The van der Waals surface area contributed by atoms with Gasteiger partial charge in [-0.1, -0.05) is 32.0 Å². The molecule has 4 bridgehead atoms. The summed E-state index contributed by atoms with van der Waals surface area (Å²) in [4.78, 5) is 113. The van der Waals surface area contributed by atoms with Crippen LogP contribution in [0.3, 0.4) is 0 Å². The summed E-state index contributed by atoms with van der Waals surface area (Å²) < 4.78 is 56.1. The second kappa shape index (κ2) is 17.2. The van der Waals surface area contributed by atoms with Crippen LogP contribution in [0.1, 0.15) is 88.2 Å². The maximum Gasteiger partial charge on any atom is 0.340 e. The summed E-state index contributed by atoms with van der Waals surface area (Å²) in [6, 6.07) is 10.7. The minimum atomic E-state index is -2.37. The Bertz CT molecular complexity index is 2090. The summed E-state index contributed by atoms with van der Waals surface area (Å²) in [6.45, 7) is 8.38. The van der Waals surface area contributed by atoms with Gasteiger partial charge in [-0.05, 0) is 44.0 Å². The van der Waals surface area contributed by atoms with Crippen LogP contribution in [0.15, 0.2) is 48.7 Å². The fraction of sp³-hybridized carbons (Fsp3) is 0.558. The molecule has 0 radical (unpaired) electrons. The molecule has 18 nitrogen and oxygen atoms in total. The summed E-state index contributed by atoms with van der Waals surface area (Å²) in [5, 5.41) is 0. The number of aryl methyl sites for hydroxylation is 1. The number of ether oxygens (including phenoxy) is 9. The van der Waals surface area contributed by atoms with Crippen LogP contribution in [-0.4, -0.2) is 114 Å². The highest BCUT2D eigenvalue weighted by atomic mass is 16.7. The smallest absolute Gasteiger partial charge is 0.340 e. The van der Waals surface area contributed by atoms with Gasteiger partial charge in [0.1, 0.15) is 48.1 Å². The average molecular weight is 852 g/mol. The number of benzene rings is 1. The van der Waals surface area contributed by atoms with Crippen molar-refractivity contribution in [3.8, 4) is 0 Å². The van der Waals surface area contributed by atoms with E-state index < -0.39 is 132 Å². The molecule has 61 heavy (non-hydrogen) atoms. The molecule has 328 valence electrons. The third kappa shape index (κ3) is 8.04. The van der Waals surface area contributed by atoms with E-state index >= 15 is 0 Å². The molecule has 1 aromatic carbocycles. The van der Waals surface area contributed by atoms with Crippen molar-refractivity contribution in [1.82, 2.24) is 4.98 Å². The number of hydrogen-bond donors (Lipinski definition) is 0. The zero-order valence-electron chi connectivity index (χ0n) is 35.0. The predicted octanol–water partition coefficient (Wildman–Crippen LogP) is 3.04. The fourth-order valence-electron chi connectivity index (χ4n) is 9.72. The van der Waals surface area contributed by atoms with E-state index in [1.807, 2.05) is 0 Å². The van der Waals surface area contributed by atoms with Gasteiger partial charge in [-0.2, -0.15) is 0 Å². The van der Waals surface area contributed by atoms with E-state index in [2.05, 4.69) is 4.98 Å². The van der Waals surface area contributed by atoms with E-state index in [0.717, 1.165) is 34.6 Å². The number of esters is 8. The van der Waals surface area contributed by atoms with Crippen molar-refractivity contribution < 1.29 is 81.0 Å². The van der Waals surface area contributed by atoms with Crippen molar-refractivity contribution in [3.05, 3.63) is 65.5 Å². The van der Waals surface area contributed by atoms with Gasteiger partial charge in [0, 0.05) is 46.7 Å². The van der Waals surface area contributed by atoms with Crippen molar-refractivity contribution in [2.45, 2.75) is 116 Å². The molecule has 2 aliphatic heterocycles. The van der Waals surface area contributed by atoms with Crippen molar-refractivity contribution in [1.29, 1.82) is 0 Å². The fourth-order valence-corrected chi connectivity index (χ4v) is 9.72. The molecule has 3 fully saturated rings. The van der Waals surface area contributed by atoms with Crippen LogP contribution < -0.4 is 0 Å². The standard InChI is InChI=1S/C43H49NO17/c1-21-16-17-30-29(15-12-18-44-30)40(52)54-19-41(8)31-33(55-24(4)46)36(57-26(6)48)42(20-53-23(3)45)37(58-27(7)49)34(60-39(51)28-13-10-9-11-14-28)32(59-38(21)50)22(2)43(42,61-41)35(31)56-25(5)47/h9-15,18,21-22,31-37H,16-17,19-20H2,1-8H3/t21-,22+,31-,32-,33-,34-,35-,36-,37+,41-,42+,43-/m1/s1. The normalized spacial score (nSPS) is 34.1. The molecule has 2 aliphatic carbocycles. The monoisotopic (exact) mass is 851 g/mol. The van der Waals surface area contributed by atoms with E-state index in [4.69, 9.17) is 42.6 Å². The zero-order valence-corrected chi connectivity index (χ0v) is 35.0. The zero-order chi connectivity index (χ0) is 44.6. The number of cyclic esters (lactones) is 1. The van der Waals surface area contributed by atoms with Crippen LogP contribution in [-0.2, 0) is 77.8 Å². The van der Waals surface area contributed by atoms with Gasteiger partial charge in [0.05, 0.1) is 28.7 Å². The molecule has 0 unspecified atom stereocenters. The molecule has 6 rings (SSSR count). The highest BCUT2D eigenvalue weighted by Gasteiger charge is 2.88. The number of hydrogen-bond acceptors (Lipinski definition) is 18. The lowest BCUT2D eigenvalue weighted by Gasteiger charge is -2.65. The van der Waals surface area contributed by atoms with Gasteiger partial charge in [0.2, 0.25) is 0 Å². The molecular formula is C43H49NO17. The Kier molecular flexibility index (Phi) is 12.6. The van der Waals surface area contributed by atoms with Gasteiger partial charge in [-0.15, -0.1) is 0 Å². The Morgan fingerprint density at radius 3 is 1.97 bits per heavy atom. The largest absolute Gasteiger partial charge is 0.465 e. The van der Waals surface area contributed by atoms with Crippen molar-refractivity contribution >= 4 is 47.8 Å². The SMILES string of the molecule is CC(=O)OC[C@@]12[C@H](OC(C)=O)[C@H](OC(C)=O)[C@@H]3[C@@H](OC(C)=O)[C@@]14O[C@]3(C)COC(=O)c1cccnc1CC[C@@H](C)C(=O)O[C@@H]([C@@H](OC(=O)c1ccccc1)[C@@H]2OC(C)=O)[C@@H]4C. The van der Waals surface area contributed by atoms with E-state index in [9.17, 15) is 38.4 Å². The maximum absolute atomic E-state index is 14.4. The first-order valence-electron chi connectivity index (χ1n) is 19.9. The summed E-state index contributed by atoms with van der Waals surface area (Å²) >= 11 is 0. The minimum Gasteiger partial charge on any atom is -0.465 e. The molecule has 2 saturated carbocycles. The lowest BCUT2D eigenvalue weighted by atomic mass is 9.46. The maximum atomic E-state index is 14.4. The van der Waals surface area contributed by atoms with Gasteiger partial charge in [0.15, 0.2) is 18.3 Å². The number of aromatic nitrogens is 1. The first-order chi connectivity index (χ1) is 28.8. The summed E-state index contributed by atoms with van der Waals surface area (Å²) in [6.07, 6.45) is -8.90. The molecule has 18 heteroatoms. The molecule has 1 aromatic heterocycles. The van der Waals surface area contributed by atoms with Gasteiger partial charge in [0.25, 0.3) is 0 Å². The number of pyridine rings is 1. The molecule has 3 heterocycles. The number of nitrogens with zero attached hydrogens (tertiary/aromatic N) is 1. The van der Waals surface area contributed by atoms with E-state index in [0.29, 0.717) is 5.69 Å². The molecule has 2 aromatic rings. The molecule has 1 saturated heterocycles. The predicted molar refractivity (Wildman–Crippen MR) is 204 cm³/mol. The average Bonchev–Trinajstić information content (AvgIpc) is 3.41. The lowest BCUT2D eigenvalue weighted by molar-refractivity contribution is -0.348. The third-order valence-electron chi connectivity index (χ3n) is 12.1. The summed E-state index contributed by atoms with van der Waals surface area (Å²) in [5.41, 5.74) is -6.09. The van der Waals surface area contributed by atoms with Crippen LogP contribution in [0.4, 0.5) is 0 Å². The minimum absolute atomic E-state index is 0.0383. The summed E-state index contributed by atoms with van der Waals surface area (Å²) in [7, 11) is 0. The highest BCUT2D eigenvalue weighted by Crippen LogP contribution is 2.69. The second-order valence-corrected chi connectivity index (χ2v) is 16.2. The number of carbonyl (C=O) groups is 8. The lowest BCUT2D eigenvalue weighted by Crippen LogP contribution is -2.84. The Labute approximate surface area is 351 Å². The van der Waals surface area contributed by atoms with Gasteiger partial charge in [-0.3, -0.25) is 33.8 Å². The van der Waals surface area contributed by atoms with Crippen molar-refractivity contribution in [2.24, 2.45) is 23.2 Å². The highest BCUT2D eigenvalue weighted by molar-refractivity contribution is 5.91. The summed E-state index contributed by atoms with van der Waals surface area (Å²) in [5.74, 6) is -10.9. The van der Waals surface area contributed by atoms with Crippen LogP contribution in [0, 0.1) is 23.2 Å². The van der Waals surface area contributed by atoms with Gasteiger partial charge >= 0.3 is 47.8 Å². The molecule has 1 spiro atoms. The second-order valence-electron chi connectivity index (χ2n) is 16.2. The van der Waals surface area contributed by atoms with Crippen LogP contribution in [0.2, 0.25) is 0 Å². The molecule has 0 N–H and O–H groups in total. The van der Waals surface area contributed by atoms with Gasteiger partial charge in [-0.25, -0.2) is 9.59 Å². The number of carbonyl (C=O) groups excluding carboxylic acids is 8. The third-order valence-corrected chi connectivity index (χ3v) is 12.1. The Hall–Kier alpha value is -5.91. The van der Waals surface area contributed by atoms with Crippen molar-refractivity contribution in [3.63, 3.8) is 0 Å². The Morgan fingerprint density at radius 2 is 1.36 bits per heavy atom. The van der Waals surface area contributed by atoms with E-state index in [1.165, 1.54) is 44.3 Å². The number of rotatable bonds is 8. The quantitative estimate of drug-likeness (QED) is 0.274. The first-order valence-corrected chi connectivity index (χ1v) is 19.9. The Balaban J connectivity index is 1.74. The van der Waals surface area contributed by atoms with Gasteiger partial charge < -0.3 is 42.6 Å². The first kappa shape index (κ1) is 44.6. The topological polar surface area (TPSA) is 233 Å². The van der Waals surface area contributed by atoms with E-state index in [-0.39, 0.29) is 24.0 Å². The van der Waals surface area contributed by atoms with Crippen LogP contribution >= 0.6 is 0 Å². The molecule has 4 aliphatic rings. The van der Waals surface area contributed by atoms with Crippen LogP contribution in [0.5, 0.6) is 0 Å².